The maximum atomic E-state index is 13.0. The van der Waals surface area contributed by atoms with E-state index in [4.69, 9.17) is 37.0 Å². The minimum absolute atomic E-state index is 0.102. The molecule has 0 aliphatic heterocycles. The molecule has 0 bridgehead atoms. The monoisotopic (exact) mass is 1350 g/mol. The van der Waals surface area contributed by atoms with Gasteiger partial charge in [-0.3, -0.25) is 37.3 Å². The number of phosphoric acid groups is 2. The van der Waals surface area contributed by atoms with Gasteiger partial charge in [0.2, 0.25) is 0 Å². The van der Waals surface area contributed by atoms with Crippen molar-refractivity contribution in [3.05, 3.63) is 0 Å². The third-order valence-corrected chi connectivity index (χ3v) is 20.2. The second kappa shape index (κ2) is 62.6. The van der Waals surface area contributed by atoms with Crippen molar-refractivity contribution in [2.45, 2.75) is 382 Å². The topological polar surface area (TPSA) is 237 Å². The lowest BCUT2D eigenvalue weighted by atomic mass is 9.99. The Balaban J connectivity index is 5.16. The number of carbonyl (C=O) groups is 4. The van der Waals surface area contributed by atoms with E-state index in [1.165, 1.54) is 154 Å². The lowest BCUT2D eigenvalue weighted by Crippen LogP contribution is -2.30. The zero-order valence-corrected chi connectivity index (χ0v) is 62.0. The average Bonchev–Trinajstić information content (AvgIpc) is 2.47. The molecule has 0 aliphatic carbocycles. The maximum absolute atomic E-state index is 13.0. The van der Waals surface area contributed by atoms with Gasteiger partial charge < -0.3 is 33.8 Å². The molecule has 17 nitrogen and oxygen atoms in total. The Hall–Kier alpha value is -1.94. The fourth-order valence-electron chi connectivity index (χ4n) is 10.9. The molecule has 0 aromatic heterocycles. The standard InChI is InChI=1S/C73H142O17P2/c1-9-63(5)49-41-33-25-23-21-19-17-15-13-14-16-18-20-22-24-26-39-47-55-72(77)89-68(59-83-70(75)53-45-37-30-27-34-42-50-64(6)10-2)61-87-91(79,80)85-57-67(74)58-86-92(81,82)88-62-69(90-73(78)56-48-40-32-29-36-44-52-66(8)12-4)60-84-71(76)54-46-38-31-28-35-43-51-65(7)11-3/h63-69,74H,9-62H2,1-8H3,(H,79,80)(H,81,82)/t63?,64?,65?,66?,67-,68+,69+/m0/s1. The summed E-state index contributed by atoms with van der Waals surface area (Å²) in [5.41, 5.74) is 0. The van der Waals surface area contributed by atoms with Crippen LogP contribution in [-0.2, 0) is 65.4 Å². The number of unbranched alkanes of at least 4 members (excludes halogenated alkanes) is 32. The van der Waals surface area contributed by atoms with Crippen LogP contribution in [0.5, 0.6) is 0 Å². The summed E-state index contributed by atoms with van der Waals surface area (Å²) in [5, 5.41) is 10.6. The van der Waals surface area contributed by atoms with Gasteiger partial charge in [0.15, 0.2) is 12.2 Å². The molecule has 3 N–H and O–H groups in total. The van der Waals surface area contributed by atoms with Gasteiger partial charge in [-0.15, -0.1) is 0 Å². The number of hydrogen-bond acceptors (Lipinski definition) is 15. The van der Waals surface area contributed by atoms with Crippen molar-refractivity contribution in [1.29, 1.82) is 0 Å². The van der Waals surface area contributed by atoms with Gasteiger partial charge in [0.05, 0.1) is 26.4 Å². The van der Waals surface area contributed by atoms with E-state index >= 15 is 0 Å². The summed E-state index contributed by atoms with van der Waals surface area (Å²) in [5.74, 6) is 0.921. The van der Waals surface area contributed by atoms with Crippen molar-refractivity contribution in [3.63, 3.8) is 0 Å². The lowest BCUT2D eigenvalue weighted by molar-refractivity contribution is -0.161. The predicted octanol–water partition coefficient (Wildman–Crippen LogP) is 20.9. The number of carbonyl (C=O) groups excluding carboxylic acids is 4. The summed E-state index contributed by atoms with van der Waals surface area (Å²) in [6, 6.07) is 0. The van der Waals surface area contributed by atoms with Crippen LogP contribution in [-0.4, -0.2) is 96.7 Å². The molecule has 0 aromatic rings. The van der Waals surface area contributed by atoms with Gasteiger partial charge in [-0.2, -0.15) is 0 Å². The van der Waals surface area contributed by atoms with E-state index in [1.807, 2.05) is 0 Å². The number of aliphatic hydroxyl groups excluding tert-OH is 1. The number of aliphatic hydroxyl groups is 1. The zero-order valence-electron chi connectivity index (χ0n) is 60.2. The molecule has 6 unspecified atom stereocenters. The van der Waals surface area contributed by atoms with Crippen molar-refractivity contribution in [2.24, 2.45) is 23.7 Å². The van der Waals surface area contributed by atoms with Crippen LogP contribution >= 0.6 is 15.6 Å². The summed E-state index contributed by atoms with van der Waals surface area (Å²) >= 11 is 0. The van der Waals surface area contributed by atoms with Crippen LogP contribution in [0.4, 0.5) is 0 Å². The molecule has 0 aromatic carbocycles. The number of esters is 4. The molecule has 92 heavy (non-hydrogen) atoms. The van der Waals surface area contributed by atoms with Gasteiger partial charge in [-0.05, 0) is 49.4 Å². The first-order chi connectivity index (χ1) is 44.2. The van der Waals surface area contributed by atoms with Crippen molar-refractivity contribution in [3.8, 4) is 0 Å². The summed E-state index contributed by atoms with van der Waals surface area (Å²) in [6.07, 6.45) is 46.1. The van der Waals surface area contributed by atoms with Crippen LogP contribution in [0.1, 0.15) is 364 Å². The normalized spacial score (nSPS) is 15.4. The highest BCUT2D eigenvalue weighted by atomic mass is 31.2. The molecule has 0 rings (SSSR count). The Morgan fingerprint density at radius 3 is 0.717 bits per heavy atom. The van der Waals surface area contributed by atoms with E-state index in [1.54, 1.807) is 0 Å². The van der Waals surface area contributed by atoms with Crippen LogP contribution in [0.15, 0.2) is 0 Å². The van der Waals surface area contributed by atoms with Crippen molar-refractivity contribution in [1.82, 2.24) is 0 Å². The number of ether oxygens (including phenoxy) is 4. The first-order valence-corrected chi connectivity index (χ1v) is 40.8. The van der Waals surface area contributed by atoms with Crippen LogP contribution in [0, 0.1) is 23.7 Å². The fraction of sp³-hybridized carbons (Fsp3) is 0.945. The highest BCUT2D eigenvalue weighted by Crippen LogP contribution is 2.45. The molecular weight excluding hydrogens is 1210 g/mol. The quantitative estimate of drug-likeness (QED) is 0.0222. The van der Waals surface area contributed by atoms with Crippen molar-refractivity contribution < 1.29 is 80.2 Å². The van der Waals surface area contributed by atoms with Gasteiger partial charge in [0.25, 0.3) is 0 Å². The van der Waals surface area contributed by atoms with E-state index in [2.05, 4.69) is 55.4 Å². The van der Waals surface area contributed by atoms with E-state index in [9.17, 15) is 43.2 Å². The van der Waals surface area contributed by atoms with Crippen molar-refractivity contribution >= 4 is 39.5 Å². The van der Waals surface area contributed by atoms with Gasteiger partial charge in [-0.1, -0.05) is 312 Å². The second-order valence-corrected chi connectivity index (χ2v) is 30.2. The first kappa shape index (κ1) is 90.1. The Labute approximate surface area is 562 Å². The maximum Gasteiger partial charge on any atom is 0.472 e. The van der Waals surface area contributed by atoms with Gasteiger partial charge in [0, 0.05) is 25.7 Å². The zero-order chi connectivity index (χ0) is 68.2. The third kappa shape index (κ3) is 61.6. The molecule has 19 heteroatoms. The Kier molecular flexibility index (Phi) is 61.3. The number of hydrogen-bond donors (Lipinski definition) is 3. The molecule has 0 aliphatic rings. The minimum atomic E-state index is -4.95. The lowest BCUT2D eigenvalue weighted by Gasteiger charge is -2.21. The van der Waals surface area contributed by atoms with Crippen LogP contribution in [0.3, 0.4) is 0 Å². The number of phosphoric ester groups is 2. The van der Waals surface area contributed by atoms with Gasteiger partial charge in [-0.25, -0.2) is 9.13 Å². The molecule has 0 saturated heterocycles. The Bertz CT molecular complexity index is 1820. The SMILES string of the molecule is CCC(C)CCCCCCCCCCCCCCCCCCCCC(=O)O[C@H](COC(=O)CCCCCCCCC(C)CC)COP(=O)(O)OC[C@H](O)COP(=O)(O)OC[C@@H](COC(=O)CCCCCCCCC(C)CC)OC(=O)CCCCCCCCC(C)CC. The molecule has 0 spiro atoms. The van der Waals surface area contributed by atoms with E-state index in [0.717, 1.165) is 126 Å². The summed E-state index contributed by atoms with van der Waals surface area (Å²) < 4.78 is 68.3. The Morgan fingerprint density at radius 1 is 0.293 bits per heavy atom. The smallest absolute Gasteiger partial charge is 0.462 e. The molecule has 9 atom stereocenters. The minimum Gasteiger partial charge on any atom is -0.462 e. The van der Waals surface area contributed by atoms with Crippen LogP contribution < -0.4 is 0 Å². The predicted molar refractivity (Wildman–Crippen MR) is 372 cm³/mol. The molecule has 0 heterocycles. The Morgan fingerprint density at radius 2 is 0.489 bits per heavy atom. The average molecular weight is 1350 g/mol. The van der Waals surface area contributed by atoms with Gasteiger partial charge in [0.1, 0.15) is 19.3 Å². The molecular formula is C73H142O17P2. The molecule has 546 valence electrons. The van der Waals surface area contributed by atoms with Crippen LogP contribution in [0.2, 0.25) is 0 Å². The summed E-state index contributed by atoms with van der Waals surface area (Å²) in [7, 11) is -9.90. The van der Waals surface area contributed by atoms with Crippen LogP contribution in [0.25, 0.3) is 0 Å². The highest BCUT2D eigenvalue weighted by molar-refractivity contribution is 7.47. The largest absolute Gasteiger partial charge is 0.472 e. The molecule has 0 saturated carbocycles. The highest BCUT2D eigenvalue weighted by Gasteiger charge is 2.30. The first-order valence-electron chi connectivity index (χ1n) is 37.9. The number of rotatable bonds is 70. The molecule has 0 amide bonds. The van der Waals surface area contributed by atoms with E-state index in [0.29, 0.717) is 25.7 Å². The second-order valence-electron chi connectivity index (χ2n) is 27.3. The van der Waals surface area contributed by atoms with E-state index < -0.39 is 97.5 Å². The molecule has 0 fully saturated rings. The van der Waals surface area contributed by atoms with E-state index in [-0.39, 0.29) is 25.7 Å². The van der Waals surface area contributed by atoms with Crippen molar-refractivity contribution in [2.75, 3.05) is 39.6 Å². The van der Waals surface area contributed by atoms with Gasteiger partial charge >= 0.3 is 39.5 Å². The third-order valence-electron chi connectivity index (χ3n) is 18.3. The summed E-state index contributed by atoms with van der Waals surface area (Å²) in [4.78, 5) is 72.6. The summed E-state index contributed by atoms with van der Waals surface area (Å²) in [6.45, 7) is 14.1. The fourth-order valence-corrected chi connectivity index (χ4v) is 12.5. The molecule has 0 radical (unpaired) electrons.